The quantitative estimate of drug-likeness (QED) is 0.865. The Morgan fingerprint density at radius 2 is 2.18 bits per heavy atom. The number of thiazole rings is 1. The van der Waals surface area contributed by atoms with E-state index in [2.05, 4.69) is 20.9 Å². The molecular formula is C11H11BrN2OS2. The molecule has 0 spiro atoms. The van der Waals surface area contributed by atoms with Crippen molar-refractivity contribution in [2.24, 2.45) is 0 Å². The third kappa shape index (κ3) is 3.14. The molecule has 0 aromatic carbocycles. The fourth-order valence-electron chi connectivity index (χ4n) is 1.24. The molecule has 90 valence electrons. The summed E-state index contributed by atoms with van der Waals surface area (Å²) in [4.78, 5) is 18.7. The zero-order chi connectivity index (χ0) is 12.4. The van der Waals surface area contributed by atoms with Crippen LogP contribution in [-0.2, 0) is 11.2 Å². The van der Waals surface area contributed by atoms with Crippen molar-refractivity contribution in [1.29, 1.82) is 0 Å². The Balaban J connectivity index is 2.14. The molecule has 0 aliphatic rings. The smallest absolute Gasteiger partial charge is 0.228 e. The van der Waals surface area contributed by atoms with Crippen molar-refractivity contribution in [3.05, 3.63) is 27.0 Å². The number of carbonyl (C=O) groups excluding carboxylic acids is 1. The topological polar surface area (TPSA) is 33.2 Å². The summed E-state index contributed by atoms with van der Waals surface area (Å²) in [6, 6.07) is 2.04. The van der Waals surface area contributed by atoms with Crippen LogP contribution in [0, 0.1) is 0 Å². The van der Waals surface area contributed by atoms with Gasteiger partial charge in [0, 0.05) is 29.3 Å². The van der Waals surface area contributed by atoms with E-state index in [1.807, 2.05) is 16.8 Å². The Morgan fingerprint density at radius 3 is 2.76 bits per heavy atom. The first-order valence-electron chi connectivity index (χ1n) is 4.95. The predicted octanol–water partition coefficient (Wildman–Crippen LogP) is 3.26. The second kappa shape index (κ2) is 5.29. The van der Waals surface area contributed by atoms with Crippen LogP contribution in [0.3, 0.4) is 0 Å². The van der Waals surface area contributed by atoms with Crippen molar-refractivity contribution in [3.63, 3.8) is 0 Å². The molecule has 0 saturated heterocycles. The number of aromatic nitrogens is 1. The maximum Gasteiger partial charge on any atom is 0.228 e. The highest BCUT2D eigenvalue weighted by Gasteiger charge is 2.11. The highest BCUT2D eigenvalue weighted by Crippen LogP contribution is 2.32. The van der Waals surface area contributed by atoms with Crippen LogP contribution in [0.5, 0.6) is 0 Å². The van der Waals surface area contributed by atoms with Gasteiger partial charge in [-0.25, -0.2) is 4.98 Å². The minimum absolute atomic E-state index is 0.0780. The summed E-state index contributed by atoms with van der Waals surface area (Å²) >= 11 is 6.65. The summed E-state index contributed by atoms with van der Waals surface area (Å²) < 4.78 is 1.07. The second-order valence-electron chi connectivity index (χ2n) is 3.74. The Kier molecular flexibility index (Phi) is 3.96. The zero-order valence-corrected chi connectivity index (χ0v) is 12.7. The highest BCUT2D eigenvalue weighted by molar-refractivity contribution is 9.10. The number of rotatable bonds is 3. The molecule has 6 heteroatoms. The average molecular weight is 331 g/mol. The summed E-state index contributed by atoms with van der Waals surface area (Å²) in [5.41, 5.74) is 0.841. The molecule has 1 amide bonds. The van der Waals surface area contributed by atoms with Crippen LogP contribution < -0.4 is 0 Å². The van der Waals surface area contributed by atoms with E-state index >= 15 is 0 Å². The van der Waals surface area contributed by atoms with Gasteiger partial charge < -0.3 is 4.90 Å². The summed E-state index contributed by atoms with van der Waals surface area (Å²) in [7, 11) is 3.51. The van der Waals surface area contributed by atoms with Gasteiger partial charge in [-0.3, -0.25) is 4.79 Å². The summed E-state index contributed by atoms with van der Waals surface area (Å²) in [5, 5.41) is 4.95. The first-order chi connectivity index (χ1) is 8.06. The van der Waals surface area contributed by atoms with E-state index in [-0.39, 0.29) is 5.91 Å². The molecule has 3 nitrogen and oxygen atoms in total. The first-order valence-corrected chi connectivity index (χ1v) is 7.50. The minimum atomic E-state index is 0.0780. The van der Waals surface area contributed by atoms with Crippen molar-refractivity contribution >= 4 is 44.5 Å². The molecule has 2 aromatic rings. The van der Waals surface area contributed by atoms with E-state index in [0.29, 0.717) is 6.42 Å². The van der Waals surface area contributed by atoms with Crippen LogP contribution in [0.2, 0.25) is 0 Å². The van der Waals surface area contributed by atoms with Gasteiger partial charge in [0.25, 0.3) is 0 Å². The average Bonchev–Trinajstić information content (AvgIpc) is 2.86. The van der Waals surface area contributed by atoms with Crippen molar-refractivity contribution < 1.29 is 4.79 Å². The lowest BCUT2D eigenvalue weighted by Crippen LogP contribution is -2.23. The SMILES string of the molecule is CN(C)C(=O)Cc1csc(-c2cc(Br)cs2)n1. The molecule has 0 unspecified atom stereocenters. The molecule has 0 N–H and O–H groups in total. The molecule has 0 radical (unpaired) electrons. The molecule has 17 heavy (non-hydrogen) atoms. The van der Waals surface area contributed by atoms with Gasteiger partial charge >= 0.3 is 0 Å². The summed E-state index contributed by atoms with van der Waals surface area (Å²) in [6.45, 7) is 0. The first kappa shape index (κ1) is 12.7. The number of nitrogens with zero attached hydrogens (tertiary/aromatic N) is 2. The summed E-state index contributed by atoms with van der Waals surface area (Å²) in [5.74, 6) is 0.0780. The number of likely N-dealkylation sites (N-methyl/N-ethyl adjacent to an activating group) is 1. The molecule has 0 atom stereocenters. The molecule has 0 aliphatic carbocycles. The second-order valence-corrected chi connectivity index (χ2v) is 6.42. The van der Waals surface area contributed by atoms with Crippen molar-refractivity contribution in [1.82, 2.24) is 9.88 Å². The van der Waals surface area contributed by atoms with Gasteiger partial charge in [-0.15, -0.1) is 22.7 Å². The number of thiophene rings is 1. The van der Waals surface area contributed by atoms with Crippen LogP contribution in [0.25, 0.3) is 9.88 Å². The van der Waals surface area contributed by atoms with E-state index < -0.39 is 0 Å². The fraction of sp³-hybridized carbons (Fsp3) is 0.273. The number of hydrogen-bond acceptors (Lipinski definition) is 4. The lowest BCUT2D eigenvalue weighted by atomic mass is 10.3. The number of carbonyl (C=O) groups is 1. The van der Waals surface area contributed by atoms with Gasteiger partial charge in [0.15, 0.2) is 0 Å². The van der Waals surface area contributed by atoms with Crippen LogP contribution >= 0.6 is 38.6 Å². The largest absolute Gasteiger partial charge is 0.348 e. The Bertz CT molecular complexity index is 533. The molecule has 2 aromatic heterocycles. The van der Waals surface area contributed by atoms with Gasteiger partial charge in [0.2, 0.25) is 5.91 Å². The van der Waals surface area contributed by atoms with Gasteiger partial charge in [0.05, 0.1) is 17.0 Å². The Labute approximate surface area is 116 Å². The molecule has 2 rings (SSSR count). The fourth-order valence-corrected chi connectivity index (χ4v) is 3.57. The maximum atomic E-state index is 11.5. The van der Waals surface area contributed by atoms with Crippen molar-refractivity contribution in [2.75, 3.05) is 14.1 Å². The van der Waals surface area contributed by atoms with Gasteiger partial charge in [-0.2, -0.15) is 0 Å². The monoisotopic (exact) mass is 330 g/mol. The highest BCUT2D eigenvalue weighted by atomic mass is 79.9. The number of hydrogen-bond donors (Lipinski definition) is 0. The van der Waals surface area contributed by atoms with E-state index in [0.717, 1.165) is 20.1 Å². The minimum Gasteiger partial charge on any atom is -0.348 e. The van der Waals surface area contributed by atoms with Gasteiger partial charge in [0.1, 0.15) is 5.01 Å². The van der Waals surface area contributed by atoms with Gasteiger partial charge in [-0.1, -0.05) is 0 Å². The molecule has 0 fully saturated rings. The van der Waals surface area contributed by atoms with E-state index in [1.54, 1.807) is 41.7 Å². The standard InChI is InChI=1S/C11H11BrN2OS2/c1-14(2)10(15)4-8-6-17-11(13-8)9-3-7(12)5-16-9/h3,5-6H,4H2,1-2H3. The molecule has 0 bridgehead atoms. The van der Waals surface area contributed by atoms with E-state index in [1.165, 1.54) is 0 Å². The zero-order valence-electron chi connectivity index (χ0n) is 9.44. The van der Waals surface area contributed by atoms with Crippen molar-refractivity contribution in [3.8, 4) is 9.88 Å². The molecule has 0 saturated carbocycles. The lowest BCUT2D eigenvalue weighted by molar-refractivity contribution is -0.128. The predicted molar refractivity (Wildman–Crippen MR) is 75.5 cm³/mol. The van der Waals surface area contributed by atoms with E-state index in [4.69, 9.17) is 0 Å². The molecule has 2 heterocycles. The molecular weight excluding hydrogens is 320 g/mol. The third-order valence-electron chi connectivity index (χ3n) is 2.16. The number of amides is 1. The van der Waals surface area contributed by atoms with Crippen LogP contribution in [0.4, 0.5) is 0 Å². The van der Waals surface area contributed by atoms with Crippen molar-refractivity contribution in [2.45, 2.75) is 6.42 Å². The normalized spacial score (nSPS) is 10.5. The summed E-state index contributed by atoms with van der Waals surface area (Å²) in [6.07, 6.45) is 0.371. The maximum absolute atomic E-state index is 11.5. The Morgan fingerprint density at radius 1 is 1.41 bits per heavy atom. The van der Waals surface area contributed by atoms with Gasteiger partial charge in [-0.05, 0) is 22.0 Å². The Hall–Kier alpha value is -0.720. The van der Waals surface area contributed by atoms with E-state index in [9.17, 15) is 4.79 Å². The number of halogens is 1. The molecule has 0 aliphatic heterocycles. The lowest BCUT2D eigenvalue weighted by Gasteiger charge is -2.07. The van der Waals surface area contributed by atoms with Crippen LogP contribution in [-0.4, -0.2) is 29.9 Å². The van der Waals surface area contributed by atoms with Crippen LogP contribution in [0.15, 0.2) is 21.3 Å². The van der Waals surface area contributed by atoms with Crippen LogP contribution in [0.1, 0.15) is 5.69 Å². The third-order valence-corrected chi connectivity index (χ3v) is 4.91.